The first kappa shape index (κ1) is 12.0. The topological polar surface area (TPSA) is 38.9 Å². The average Bonchev–Trinajstić information content (AvgIpc) is 2.83. The van der Waals surface area contributed by atoms with Crippen LogP contribution in [0.25, 0.3) is 20.8 Å². The number of nitrogens with two attached hydrogens (primary N) is 1. The van der Waals surface area contributed by atoms with Crippen LogP contribution < -0.4 is 5.73 Å². The van der Waals surface area contributed by atoms with Crippen molar-refractivity contribution in [2.45, 2.75) is 13.8 Å². The first-order chi connectivity index (χ1) is 8.58. The van der Waals surface area contributed by atoms with Gasteiger partial charge >= 0.3 is 0 Å². The Morgan fingerprint density at radius 1 is 1.22 bits per heavy atom. The lowest BCUT2D eigenvalue weighted by Gasteiger charge is -1.96. The summed E-state index contributed by atoms with van der Waals surface area (Å²) in [4.78, 5) is 5.88. The number of anilines is 1. The van der Waals surface area contributed by atoms with Crippen LogP contribution in [0.2, 0.25) is 5.02 Å². The Balaban J connectivity index is 2.29. The summed E-state index contributed by atoms with van der Waals surface area (Å²) in [5.41, 5.74) is 9.30. The molecule has 0 aliphatic rings. The van der Waals surface area contributed by atoms with Crippen molar-refractivity contribution in [2.75, 3.05) is 5.73 Å². The highest BCUT2D eigenvalue weighted by Crippen LogP contribution is 2.42. The quantitative estimate of drug-likeness (QED) is 0.695. The SMILES string of the molecule is Cc1sc(N)c(-c2nc3cccc(Cl)c3s2)c1C. The largest absolute Gasteiger partial charge is 0.390 e. The molecule has 2 nitrogen and oxygen atoms in total. The first-order valence-electron chi connectivity index (χ1n) is 5.49. The van der Waals surface area contributed by atoms with Gasteiger partial charge in [0, 0.05) is 10.4 Å². The van der Waals surface area contributed by atoms with Gasteiger partial charge in [0.15, 0.2) is 0 Å². The Bertz CT molecular complexity index is 743. The van der Waals surface area contributed by atoms with Gasteiger partial charge in [0.2, 0.25) is 0 Å². The number of nitrogen functional groups attached to an aromatic ring is 1. The molecular weight excluding hydrogens is 284 g/mol. The predicted octanol–water partition coefficient (Wildman–Crippen LogP) is 4.88. The number of aryl methyl sites for hydroxylation is 1. The van der Waals surface area contributed by atoms with Crippen molar-refractivity contribution in [3.63, 3.8) is 0 Å². The molecular formula is C13H11ClN2S2. The summed E-state index contributed by atoms with van der Waals surface area (Å²) >= 11 is 9.40. The highest BCUT2D eigenvalue weighted by molar-refractivity contribution is 7.23. The fourth-order valence-electron chi connectivity index (χ4n) is 1.94. The standard InChI is InChI=1S/C13H11ClN2S2/c1-6-7(2)17-12(15)10(6)13-16-9-5-3-4-8(14)11(9)18-13/h3-5H,15H2,1-2H3. The number of fused-ring (bicyclic) bond motifs is 1. The fraction of sp³-hybridized carbons (Fsp3) is 0.154. The van der Waals surface area contributed by atoms with Crippen LogP contribution in [0.1, 0.15) is 10.4 Å². The number of halogens is 1. The Hall–Kier alpha value is -1.10. The molecule has 2 heterocycles. The molecule has 5 heteroatoms. The number of hydrogen-bond donors (Lipinski definition) is 1. The molecule has 0 saturated carbocycles. The number of rotatable bonds is 1. The summed E-state index contributed by atoms with van der Waals surface area (Å²) < 4.78 is 1.02. The summed E-state index contributed by atoms with van der Waals surface area (Å²) in [5, 5.41) is 2.54. The maximum atomic E-state index is 6.18. The lowest BCUT2D eigenvalue weighted by atomic mass is 10.2. The lowest BCUT2D eigenvalue weighted by molar-refractivity contribution is 1.41. The number of thiazole rings is 1. The maximum Gasteiger partial charge on any atom is 0.127 e. The molecule has 18 heavy (non-hydrogen) atoms. The number of thiophene rings is 1. The van der Waals surface area contributed by atoms with E-state index in [-0.39, 0.29) is 0 Å². The van der Waals surface area contributed by atoms with Crippen molar-refractivity contribution in [1.29, 1.82) is 0 Å². The normalized spacial score (nSPS) is 11.3. The van der Waals surface area contributed by atoms with Crippen molar-refractivity contribution in [3.05, 3.63) is 33.7 Å². The zero-order valence-electron chi connectivity index (χ0n) is 9.95. The number of aromatic nitrogens is 1. The summed E-state index contributed by atoms with van der Waals surface area (Å²) in [7, 11) is 0. The maximum absolute atomic E-state index is 6.18. The number of hydrogen-bond acceptors (Lipinski definition) is 4. The third kappa shape index (κ3) is 1.72. The molecule has 2 N–H and O–H groups in total. The van der Waals surface area contributed by atoms with E-state index in [1.807, 2.05) is 18.2 Å². The van der Waals surface area contributed by atoms with Crippen LogP contribution >= 0.6 is 34.3 Å². The Labute approximate surface area is 118 Å². The van der Waals surface area contributed by atoms with E-state index in [4.69, 9.17) is 17.3 Å². The van der Waals surface area contributed by atoms with Gasteiger partial charge in [-0.25, -0.2) is 4.98 Å². The van der Waals surface area contributed by atoms with Gasteiger partial charge in [-0.05, 0) is 31.5 Å². The molecule has 0 aliphatic heterocycles. The summed E-state index contributed by atoms with van der Waals surface area (Å²) in [6.07, 6.45) is 0. The molecule has 2 aromatic heterocycles. The molecule has 0 bridgehead atoms. The Kier molecular flexibility index (Phi) is 2.81. The Morgan fingerprint density at radius 2 is 2.00 bits per heavy atom. The van der Waals surface area contributed by atoms with E-state index in [9.17, 15) is 0 Å². The van der Waals surface area contributed by atoms with E-state index < -0.39 is 0 Å². The van der Waals surface area contributed by atoms with Crippen molar-refractivity contribution >= 4 is 49.5 Å². The van der Waals surface area contributed by atoms with Crippen LogP contribution in [0.4, 0.5) is 5.00 Å². The van der Waals surface area contributed by atoms with Crippen LogP contribution in [-0.2, 0) is 0 Å². The molecule has 0 saturated heterocycles. The van der Waals surface area contributed by atoms with E-state index in [0.717, 1.165) is 30.8 Å². The summed E-state index contributed by atoms with van der Waals surface area (Å²) in [6, 6.07) is 5.79. The zero-order chi connectivity index (χ0) is 12.9. The molecule has 0 radical (unpaired) electrons. The number of benzene rings is 1. The van der Waals surface area contributed by atoms with Gasteiger partial charge in [-0.3, -0.25) is 0 Å². The molecule has 0 amide bonds. The second-order valence-electron chi connectivity index (χ2n) is 4.13. The minimum Gasteiger partial charge on any atom is -0.390 e. The summed E-state index contributed by atoms with van der Waals surface area (Å²) in [6.45, 7) is 4.17. The van der Waals surface area contributed by atoms with Crippen LogP contribution in [0.3, 0.4) is 0 Å². The zero-order valence-corrected chi connectivity index (χ0v) is 12.3. The van der Waals surface area contributed by atoms with Crippen molar-refractivity contribution in [1.82, 2.24) is 4.98 Å². The van der Waals surface area contributed by atoms with E-state index in [2.05, 4.69) is 18.8 Å². The van der Waals surface area contributed by atoms with Crippen LogP contribution in [0.5, 0.6) is 0 Å². The van der Waals surface area contributed by atoms with Crippen molar-refractivity contribution in [2.24, 2.45) is 0 Å². The summed E-state index contributed by atoms with van der Waals surface area (Å²) in [5.74, 6) is 0. The minimum absolute atomic E-state index is 0.749. The minimum atomic E-state index is 0.749. The van der Waals surface area contributed by atoms with Crippen LogP contribution in [0.15, 0.2) is 18.2 Å². The van der Waals surface area contributed by atoms with Crippen molar-refractivity contribution in [3.8, 4) is 10.6 Å². The third-order valence-electron chi connectivity index (χ3n) is 2.99. The van der Waals surface area contributed by atoms with Crippen molar-refractivity contribution < 1.29 is 0 Å². The molecule has 0 unspecified atom stereocenters. The fourth-order valence-corrected chi connectivity index (χ4v) is 4.31. The van der Waals surface area contributed by atoms with E-state index in [1.54, 1.807) is 22.7 Å². The number of nitrogens with zero attached hydrogens (tertiary/aromatic N) is 1. The van der Waals surface area contributed by atoms with E-state index >= 15 is 0 Å². The van der Waals surface area contributed by atoms with Gasteiger partial charge in [0.05, 0.1) is 20.2 Å². The molecule has 1 aromatic carbocycles. The van der Waals surface area contributed by atoms with Gasteiger partial charge in [-0.15, -0.1) is 22.7 Å². The van der Waals surface area contributed by atoms with Crippen LogP contribution in [0, 0.1) is 13.8 Å². The van der Waals surface area contributed by atoms with Gasteiger partial charge in [0.25, 0.3) is 0 Å². The van der Waals surface area contributed by atoms with Gasteiger partial charge in [0.1, 0.15) is 5.01 Å². The lowest BCUT2D eigenvalue weighted by Crippen LogP contribution is -1.85. The Morgan fingerprint density at radius 3 is 2.61 bits per heavy atom. The highest BCUT2D eigenvalue weighted by Gasteiger charge is 2.16. The second kappa shape index (κ2) is 4.23. The van der Waals surface area contributed by atoms with Gasteiger partial charge < -0.3 is 5.73 Å². The third-order valence-corrected chi connectivity index (χ3v) is 5.58. The molecule has 3 aromatic rings. The average molecular weight is 295 g/mol. The second-order valence-corrected chi connectivity index (χ2v) is 6.79. The molecule has 3 rings (SSSR count). The van der Waals surface area contributed by atoms with Gasteiger partial charge in [-0.1, -0.05) is 17.7 Å². The molecule has 0 aliphatic carbocycles. The molecule has 92 valence electrons. The van der Waals surface area contributed by atoms with E-state index in [1.165, 1.54) is 10.4 Å². The predicted molar refractivity (Wildman–Crippen MR) is 81.8 cm³/mol. The molecule has 0 atom stereocenters. The molecule has 0 fully saturated rings. The first-order valence-corrected chi connectivity index (χ1v) is 7.50. The van der Waals surface area contributed by atoms with Gasteiger partial charge in [-0.2, -0.15) is 0 Å². The smallest absolute Gasteiger partial charge is 0.127 e. The van der Waals surface area contributed by atoms with E-state index in [0.29, 0.717) is 0 Å². The monoisotopic (exact) mass is 294 g/mol. The van der Waals surface area contributed by atoms with Crippen LogP contribution in [-0.4, -0.2) is 4.98 Å². The highest BCUT2D eigenvalue weighted by atomic mass is 35.5. The molecule has 0 spiro atoms.